The average molecular weight is 509 g/mol. The van der Waals surface area contributed by atoms with E-state index in [4.69, 9.17) is 4.74 Å². The van der Waals surface area contributed by atoms with Crippen molar-refractivity contribution in [3.05, 3.63) is 51.5 Å². The SMILES string of the molecule is CCc1cc(Br)cc(C)c1NC(=O)COc1ccc(S(=O)(=O)N2CCCCC2)cc1C. The van der Waals surface area contributed by atoms with Crippen molar-refractivity contribution in [2.24, 2.45) is 0 Å². The molecule has 0 saturated carbocycles. The number of piperidine rings is 1. The summed E-state index contributed by atoms with van der Waals surface area (Å²) < 4.78 is 33.9. The molecule has 1 heterocycles. The Kier molecular flexibility index (Phi) is 7.78. The van der Waals surface area contributed by atoms with Crippen molar-refractivity contribution in [3.8, 4) is 5.75 Å². The lowest BCUT2D eigenvalue weighted by Crippen LogP contribution is -2.35. The molecule has 3 rings (SSSR count). The number of hydrogen-bond donors (Lipinski definition) is 1. The molecule has 0 bridgehead atoms. The van der Waals surface area contributed by atoms with Crippen LogP contribution in [0.4, 0.5) is 5.69 Å². The van der Waals surface area contributed by atoms with Crippen LogP contribution in [-0.4, -0.2) is 38.3 Å². The number of benzene rings is 2. The Labute approximate surface area is 193 Å². The molecular weight excluding hydrogens is 480 g/mol. The quantitative estimate of drug-likeness (QED) is 0.581. The molecule has 0 radical (unpaired) electrons. The van der Waals surface area contributed by atoms with E-state index in [1.807, 2.05) is 26.0 Å². The van der Waals surface area contributed by atoms with Gasteiger partial charge >= 0.3 is 0 Å². The monoisotopic (exact) mass is 508 g/mol. The third kappa shape index (κ3) is 5.67. The Morgan fingerprint density at radius 3 is 2.45 bits per heavy atom. The fourth-order valence-electron chi connectivity index (χ4n) is 3.79. The summed E-state index contributed by atoms with van der Waals surface area (Å²) in [6.07, 6.45) is 3.65. The third-order valence-corrected chi connectivity index (χ3v) is 7.84. The summed E-state index contributed by atoms with van der Waals surface area (Å²) in [7, 11) is -3.49. The molecule has 1 fully saturated rings. The average Bonchev–Trinajstić information content (AvgIpc) is 2.75. The minimum Gasteiger partial charge on any atom is -0.483 e. The molecule has 0 atom stereocenters. The van der Waals surface area contributed by atoms with Crippen LogP contribution in [0.25, 0.3) is 0 Å². The molecule has 31 heavy (non-hydrogen) atoms. The summed E-state index contributed by atoms with van der Waals surface area (Å²) in [5.41, 5.74) is 3.51. The zero-order valence-electron chi connectivity index (χ0n) is 18.2. The van der Waals surface area contributed by atoms with Gasteiger partial charge in [-0.15, -0.1) is 0 Å². The van der Waals surface area contributed by atoms with Crippen molar-refractivity contribution in [2.45, 2.75) is 51.3 Å². The van der Waals surface area contributed by atoms with Gasteiger partial charge in [0, 0.05) is 23.2 Å². The molecule has 1 amide bonds. The lowest BCUT2D eigenvalue weighted by atomic mass is 10.1. The van der Waals surface area contributed by atoms with Gasteiger partial charge in [-0.25, -0.2) is 8.42 Å². The first-order valence-corrected chi connectivity index (χ1v) is 12.8. The number of aryl methyl sites for hydroxylation is 3. The van der Waals surface area contributed by atoms with Crippen LogP contribution in [0.15, 0.2) is 39.7 Å². The number of carbonyl (C=O) groups excluding carboxylic acids is 1. The zero-order chi connectivity index (χ0) is 22.6. The Balaban J connectivity index is 1.67. The maximum Gasteiger partial charge on any atom is 0.262 e. The number of hydrogen-bond acceptors (Lipinski definition) is 4. The van der Waals surface area contributed by atoms with E-state index in [2.05, 4.69) is 21.2 Å². The topological polar surface area (TPSA) is 75.7 Å². The summed E-state index contributed by atoms with van der Waals surface area (Å²) in [6.45, 7) is 6.75. The van der Waals surface area contributed by atoms with Crippen molar-refractivity contribution in [1.82, 2.24) is 4.31 Å². The van der Waals surface area contributed by atoms with Crippen molar-refractivity contribution >= 4 is 37.5 Å². The van der Waals surface area contributed by atoms with Gasteiger partial charge in [0.2, 0.25) is 10.0 Å². The van der Waals surface area contributed by atoms with Gasteiger partial charge in [-0.2, -0.15) is 4.31 Å². The summed E-state index contributed by atoms with van der Waals surface area (Å²) in [5.74, 6) is 0.237. The molecular formula is C23H29BrN2O4S. The van der Waals surface area contributed by atoms with Gasteiger partial charge in [-0.3, -0.25) is 4.79 Å². The number of ether oxygens (including phenoxy) is 1. The zero-order valence-corrected chi connectivity index (χ0v) is 20.6. The van der Waals surface area contributed by atoms with E-state index in [0.29, 0.717) is 24.4 Å². The van der Waals surface area contributed by atoms with Crippen LogP contribution in [0.5, 0.6) is 5.75 Å². The van der Waals surface area contributed by atoms with Crippen LogP contribution in [0.1, 0.15) is 42.9 Å². The van der Waals surface area contributed by atoms with Gasteiger partial charge in [-0.1, -0.05) is 29.3 Å². The molecule has 0 spiro atoms. The molecule has 0 aliphatic carbocycles. The molecule has 0 unspecified atom stereocenters. The number of nitrogens with one attached hydrogen (secondary N) is 1. The Bertz CT molecular complexity index is 1060. The normalized spacial score (nSPS) is 15.0. The van der Waals surface area contributed by atoms with Crippen LogP contribution < -0.4 is 10.1 Å². The summed E-state index contributed by atoms with van der Waals surface area (Å²) in [6, 6.07) is 8.75. The molecule has 2 aromatic rings. The van der Waals surface area contributed by atoms with Gasteiger partial charge in [-0.05, 0) is 80.1 Å². The highest BCUT2D eigenvalue weighted by Crippen LogP contribution is 2.28. The molecule has 6 nitrogen and oxygen atoms in total. The van der Waals surface area contributed by atoms with Gasteiger partial charge in [0.1, 0.15) is 5.75 Å². The van der Waals surface area contributed by atoms with Gasteiger partial charge < -0.3 is 10.1 Å². The maximum atomic E-state index is 12.9. The number of carbonyl (C=O) groups is 1. The number of nitrogens with zero attached hydrogens (tertiary/aromatic N) is 1. The number of halogens is 1. The van der Waals surface area contributed by atoms with E-state index >= 15 is 0 Å². The molecule has 1 aliphatic heterocycles. The van der Waals surface area contributed by atoms with Crippen LogP contribution >= 0.6 is 15.9 Å². The lowest BCUT2D eigenvalue weighted by molar-refractivity contribution is -0.118. The van der Waals surface area contributed by atoms with Gasteiger partial charge in [0.05, 0.1) is 4.90 Å². The standard InChI is InChI=1S/C23H29BrN2O4S/c1-4-18-14-19(24)12-17(3)23(18)25-22(27)15-30-21-9-8-20(13-16(21)2)31(28,29)26-10-6-5-7-11-26/h8-9,12-14H,4-7,10-11,15H2,1-3H3,(H,25,27). The van der Waals surface area contributed by atoms with Crippen LogP contribution in [0.3, 0.4) is 0 Å². The van der Waals surface area contributed by atoms with E-state index in [1.165, 1.54) is 0 Å². The van der Waals surface area contributed by atoms with Crippen molar-refractivity contribution in [3.63, 3.8) is 0 Å². The largest absolute Gasteiger partial charge is 0.483 e. The van der Waals surface area contributed by atoms with E-state index in [1.54, 1.807) is 29.4 Å². The predicted molar refractivity (Wildman–Crippen MR) is 126 cm³/mol. The fraction of sp³-hybridized carbons (Fsp3) is 0.435. The highest BCUT2D eigenvalue weighted by Gasteiger charge is 2.26. The van der Waals surface area contributed by atoms with Gasteiger partial charge in [0.25, 0.3) is 5.91 Å². The second-order valence-electron chi connectivity index (χ2n) is 7.84. The smallest absolute Gasteiger partial charge is 0.262 e. The summed E-state index contributed by atoms with van der Waals surface area (Å²) in [4.78, 5) is 12.8. The first kappa shape index (κ1) is 23.8. The second-order valence-corrected chi connectivity index (χ2v) is 10.7. The van der Waals surface area contributed by atoms with E-state index in [0.717, 1.165) is 47.0 Å². The molecule has 1 N–H and O–H groups in total. The minimum atomic E-state index is -3.49. The molecule has 0 aromatic heterocycles. The van der Waals surface area contributed by atoms with Crippen molar-refractivity contribution < 1.29 is 17.9 Å². The summed E-state index contributed by atoms with van der Waals surface area (Å²) in [5, 5.41) is 2.94. The molecule has 1 saturated heterocycles. The molecule has 1 aliphatic rings. The van der Waals surface area contributed by atoms with Crippen LogP contribution in [-0.2, 0) is 21.2 Å². The maximum absolute atomic E-state index is 12.9. The number of sulfonamides is 1. The van der Waals surface area contributed by atoms with Gasteiger partial charge in [0.15, 0.2) is 6.61 Å². The van der Waals surface area contributed by atoms with Crippen LogP contribution in [0.2, 0.25) is 0 Å². The Morgan fingerprint density at radius 2 is 1.81 bits per heavy atom. The first-order valence-electron chi connectivity index (χ1n) is 10.5. The molecule has 2 aromatic carbocycles. The molecule has 8 heteroatoms. The van der Waals surface area contributed by atoms with E-state index in [-0.39, 0.29) is 17.4 Å². The van der Waals surface area contributed by atoms with E-state index in [9.17, 15) is 13.2 Å². The highest BCUT2D eigenvalue weighted by atomic mass is 79.9. The first-order chi connectivity index (χ1) is 14.7. The Hall–Kier alpha value is -1.90. The minimum absolute atomic E-state index is 0.155. The molecule has 168 valence electrons. The van der Waals surface area contributed by atoms with Crippen molar-refractivity contribution in [1.29, 1.82) is 0 Å². The summed E-state index contributed by atoms with van der Waals surface area (Å²) >= 11 is 3.49. The number of rotatable bonds is 7. The van der Waals surface area contributed by atoms with Crippen LogP contribution in [0, 0.1) is 13.8 Å². The Morgan fingerprint density at radius 1 is 1.10 bits per heavy atom. The fourth-order valence-corrected chi connectivity index (χ4v) is 6.01. The lowest BCUT2D eigenvalue weighted by Gasteiger charge is -2.26. The second kappa shape index (κ2) is 10.1. The number of amides is 1. The highest BCUT2D eigenvalue weighted by molar-refractivity contribution is 9.10. The third-order valence-electron chi connectivity index (χ3n) is 5.49. The number of anilines is 1. The predicted octanol–water partition coefficient (Wildman–Crippen LogP) is 4.82. The van der Waals surface area contributed by atoms with Crippen molar-refractivity contribution in [2.75, 3.05) is 25.0 Å². The van der Waals surface area contributed by atoms with E-state index < -0.39 is 10.0 Å².